The molecule has 0 saturated carbocycles. The van der Waals surface area contributed by atoms with Crippen LogP contribution >= 0.6 is 11.8 Å². The average molecular weight is 277 g/mol. The third kappa shape index (κ3) is 6.48. The van der Waals surface area contributed by atoms with Crippen LogP contribution in [0.4, 0.5) is 0 Å². The van der Waals surface area contributed by atoms with Gasteiger partial charge >= 0.3 is 0 Å². The van der Waals surface area contributed by atoms with E-state index >= 15 is 0 Å². The normalized spacial score (nSPS) is 11.7. The first-order valence-corrected chi connectivity index (χ1v) is 7.69. The number of allylic oxidation sites excluding steroid dienone is 1. The maximum absolute atomic E-state index is 12.2. The van der Waals surface area contributed by atoms with E-state index in [1.807, 2.05) is 44.2 Å². The van der Waals surface area contributed by atoms with E-state index in [4.69, 9.17) is 0 Å². The molecule has 0 spiro atoms. The second-order valence-corrected chi connectivity index (χ2v) is 5.87. The van der Waals surface area contributed by atoms with Crippen molar-refractivity contribution in [3.05, 3.63) is 41.3 Å². The highest BCUT2D eigenvalue weighted by molar-refractivity contribution is 8.04. The molecule has 0 saturated heterocycles. The number of amides is 1. The van der Waals surface area contributed by atoms with E-state index in [1.165, 1.54) is 11.8 Å². The second kappa shape index (κ2) is 8.81. The number of carbonyl (C=O) groups excluding carboxylic acids is 1. The monoisotopic (exact) mass is 277 g/mol. The van der Waals surface area contributed by atoms with Gasteiger partial charge in [0.2, 0.25) is 0 Å². The fraction of sp³-hybridized carbons (Fsp3) is 0.438. The van der Waals surface area contributed by atoms with Crippen molar-refractivity contribution in [1.82, 2.24) is 5.32 Å². The van der Waals surface area contributed by atoms with Gasteiger partial charge in [-0.2, -0.15) is 0 Å². The number of unbranched alkanes of at least 4 members (excludes halogenated alkanes) is 2. The van der Waals surface area contributed by atoms with Gasteiger partial charge in [-0.1, -0.05) is 55.8 Å². The van der Waals surface area contributed by atoms with Crippen molar-refractivity contribution < 1.29 is 4.79 Å². The molecule has 1 aromatic rings. The molecular formula is C16H23NOS. The summed E-state index contributed by atoms with van der Waals surface area (Å²) >= 11 is 1.54. The topological polar surface area (TPSA) is 29.1 Å². The van der Waals surface area contributed by atoms with Gasteiger partial charge in [0.15, 0.2) is 0 Å². The lowest BCUT2D eigenvalue weighted by atomic mass is 10.2. The maximum atomic E-state index is 12.2. The molecule has 0 atom stereocenters. The van der Waals surface area contributed by atoms with Gasteiger partial charge in [-0.15, -0.1) is 0 Å². The molecule has 0 radical (unpaired) electrons. The molecule has 1 amide bonds. The van der Waals surface area contributed by atoms with Gasteiger partial charge in [-0.3, -0.25) is 4.79 Å². The number of thioether (sulfide) groups is 1. The third-order valence-corrected chi connectivity index (χ3v) is 3.58. The Labute approximate surface area is 120 Å². The van der Waals surface area contributed by atoms with E-state index in [0.717, 1.165) is 29.1 Å². The summed E-state index contributed by atoms with van der Waals surface area (Å²) in [6.07, 6.45) is 5.27. The molecule has 104 valence electrons. The summed E-state index contributed by atoms with van der Waals surface area (Å²) in [5.41, 5.74) is 0. The van der Waals surface area contributed by atoms with Crippen molar-refractivity contribution in [2.45, 2.75) is 51.0 Å². The summed E-state index contributed by atoms with van der Waals surface area (Å²) in [7, 11) is 0. The SMILES string of the molecule is CCCC/C=C(/Sc1ccccc1)C(=O)NC(C)C. The van der Waals surface area contributed by atoms with Crippen LogP contribution in [0.25, 0.3) is 0 Å². The van der Waals surface area contributed by atoms with Crippen LogP contribution in [0, 0.1) is 0 Å². The molecular weight excluding hydrogens is 254 g/mol. The maximum Gasteiger partial charge on any atom is 0.257 e. The Hall–Kier alpha value is -1.22. The third-order valence-electron chi connectivity index (χ3n) is 2.50. The van der Waals surface area contributed by atoms with Gasteiger partial charge in [0.25, 0.3) is 5.91 Å². The van der Waals surface area contributed by atoms with Crippen LogP contribution in [0.3, 0.4) is 0 Å². The lowest BCUT2D eigenvalue weighted by molar-refractivity contribution is -0.117. The van der Waals surface area contributed by atoms with Crippen molar-refractivity contribution in [3.8, 4) is 0 Å². The average Bonchev–Trinajstić information content (AvgIpc) is 2.38. The Morgan fingerprint density at radius 3 is 2.58 bits per heavy atom. The molecule has 0 unspecified atom stereocenters. The Bertz CT molecular complexity index is 412. The van der Waals surface area contributed by atoms with Gasteiger partial charge < -0.3 is 5.32 Å². The quantitative estimate of drug-likeness (QED) is 0.455. The predicted molar refractivity (Wildman–Crippen MR) is 83.2 cm³/mol. The van der Waals surface area contributed by atoms with Crippen LogP contribution in [0.15, 0.2) is 46.2 Å². The van der Waals surface area contributed by atoms with Crippen molar-refractivity contribution in [2.24, 2.45) is 0 Å². The summed E-state index contributed by atoms with van der Waals surface area (Å²) in [4.78, 5) is 14.1. The van der Waals surface area contributed by atoms with Crippen LogP contribution in [0.1, 0.15) is 40.0 Å². The van der Waals surface area contributed by atoms with Gasteiger partial charge in [0.05, 0.1) is 4.91 Å². The summed E-state index contributed by atoms with van der Waals surface area (Å²) in [5, 5.41) is 2.96. The molecule has 1 N–H and O–H groups in total. The molecule has 0 aliphatic rings. The Morgan fingerprint density at radius 1 is 1.32 bits per heavy atom. The minimum absolute atomic E-state index is 0.0277. The van der Waals surface area contributed by atoms with Gasteiger partial charge in [0.1, 0.15) is 0 Å². The number of nitrogens with one attached hydrogen (secondary N) is 1. The summed E-state index contributed by atoms with van der Waals surface area (Å²) in [5.74, 6) is 0.0277. The van der Waals surface area contributed by atoms with Crippen molar-refractivity contribution in [2.75, 3.05) is 0 Å². The zero-order chi connectivity index (χ0) is 14.1. The standard InChI is InChI=1S/C16H23NOS/c1-4-5-7-12-15(16(18)17-13(2)3)19-14-10-8-6-9-11-14/h6,8-13H,4-5,7H2,1-3H3,(H,17,18)/b15-12+. The van der Waals surface area contributed by atoms with Gasteiger partial charge in [-0.25, -0.2) is 0 Å². The number of hydrogen-bond donors (Lipinski definition) is 1. The first-order chi connectivity index (χ1) is 9.13. The fourth-order valence-electron chi connectivity index (χ4n) is 1.57. The van der Waals surface area contributed by atoms with Crippen LogP contribution in [-0.2, 0) is 4.79 Å². The van der Waals surface area contributed by atoms with E-state index in [9.17, 15) is 4.79 Å². The van der Waals surface area contributed by atoms with Crippen molar-refractivity contribution in [1.29, 1.82) is 0 Å². The van der Waals surface area contributed by atoms with Crippen molar-refractivity contribution in [3.63, 3.8) is 0 Å². The Morgan fingerprint density at radius 2 is 2.00 bits per heavy atom. The highest BCUT2D eigenvalue weighted by Gasteiger charge is 2.11. The van der Waals surface area contributed by atoms with Crippen molar-refractivity contribution >= 4 is 17.7 Å². The summed E-state index contributed by atoms with van der Waals surface area (Å²) in [6.45, 7) is 6.12. The van der Waals surface area contributed by atoms with Crippen LogP contribution < -0.4 is 5.32 Å². The largest absolute Gasteiger partial charge is 0.349 e. The van der Waals surface area contributed by atoms with E-state index < -0.39 is 0 Å². The van der Waals surface area contributed by atoms with E-state index in [0.29, 0.717) is 0 Å². The fourth-order valence-corrected chi connectivity index (χ4v) is 2.47. The second-order valence-electron chi connectivity index (χ2n) is 4.75. The van der Waals surface area contributed by atoms with Crippen LogP contribution in [0.5, 0.6) is 0 Å². The molecule has 0 aliphatic heterocycles. The molecule has 0 bridgehead atoms. The molecule has 1 aromatic carbocycles. The molecule has 0 aliphatic carbocycles. The Balaban J connectivity index is 2.74. The molecule has 2 nitrogen and oxygen atoms in total. The molecule has 0 heterocycles. The number of carbonyl (C=O) groups is 1. The molecule has 0 fully saturated rings. The zero-order valence-electron chi connectivity index (χ0n) is 12.0. The molecule has 1 rings (SSSR count). The minimum Gasteiger partial charge on any atom is -0.349 e. The number of rotatable bonds is 7. The summed E-state index contributed by atoms with van der Waals surface area (Å²) in [6, 6.07) is 10.2. The number of benzene rings is 1. The van der Waals surface area contributed by atoms with Gasteiger partial charge in [-0.05, 0) is 32.4 Å². The zero-order valence-corrected chi connectivity index (χ0v) is 12.8. The van der Waals surface area contributed by atoms with E-state index in [1.54, 1.807) is 0 Å². The smallest absolute Gasteiger partial charge is 0.257 e. The summed E-state index contributed by atoms with van der Waals surface area (Å²) < 4.78 is 0. The van der Waals surface area contributed by atoms with E-state index in [2.05, 4.69) is 18.3 Å². The lowest BCUT2D eigenvalue weighted by Crippen LogP contribution is -2.30. The Kier molecular flexibility index (Phi) is 7.34. The van der Waals surface area contributed by atoms with E-state index in [-0.39, 0.29) is 11.9 Å². The highest BCUT2D eigenvalue weighted by atomic mass is 32.2. The number of hydrogen-bond acceptors (Lipinski definition) is 2. The predicted octanol–water partition coefficient (Wildman–Crippen LogP) is 4.38. The molecule has 19 heavy (non-hydrogen) atoms. The minimum atomic E-state index is 0.0277. The van der Waals surface area contributed by atoms with Crippen LogP contribution in [0.2, 0.25) is 0 Å². The lowest BCUT2D eigenvalue weighted by Gasteiger charge is -2.11. The first kappa shape index (κ1) is 15.8. The van der Waals surface area contributed by atoms with Gasteiger partial charge in [0, 0.05) is 10.9 Å². The molecule has 3 heteroatoms. The first-order valence-electron chi connectivity index (χ1n) is 6.87. The molecule has 0 aromatic heterocycles. The highest BCUT2D eigenvalue weighted by Crippen LogP contribution is 2.27. The van der Waals surface area contributed by atoms with Crippen LogP contribution in [-0.4, -0.2) is 11.9 Å².